The smallest absolute Gasteiger partial charge is 0.239 e. The van der Waals surface area contributed by atoms with Crippen LogP contribution in [-0.2, 0) is 14.8 Å². The van der Waals surface area contributed by atoms with Gasteiger partial charge >= 0.3 is 0 Å². The molecule has 2 aliphatic heterocycles. The van der Waals surface area contributed by atoms with Gasteiger partial charge in [0.15, 0.2) is 0 Å². The summed E-state index contributed by atoms with van der Waals surface area (Å²) >= 11 is 0. The molecule has 0 aliphatic carbocycles. The lowest BCUT2D eigenvalue weighted by Gasteiger charge is -2.37. The van der Waals surface area contributed by atoms with Crippen LogP contribution in [0.3, 0.4) is 0 Å². The quantitative estimate of drug-likeness (QED) is 0.743. The third kappa shape index (κ3) is 4.15. The first-order valence-corrected chi connectivity index (χ1v) is 8.85. The second-order valence-electron chi connectivity index (χ2n) is 5.45. The van der Waals surface area contributed by atoms with E-state index in [0.717, 1.165) is 51.4 Å². The van der Waals surface area contributed by atoms with Gasteiger partial charge in [0.1, 0.15) is 0 Å². The minimum atomic E-state index is -3.20. The van der Waals surface area contributed by atoms with Crippen LogP contribution in [0.1, 0.15) is 32.1 Å². The summed E-state index contributed by atoms with van der Waals surface area (Å²) in [6.45, 7) is 1.97. The first-order chi connectivity index (χ1) is 8.97. The van der Waals surface area contributed by atoms with Gasteiger partial charge in [0.05, 0.1) is 12.3 Å². The van der Waals surface area contributed by atoms with Gasteiger partial charge in [-0.05, 0) is 38.6 Å². The second-order valence-corrected chi connectivity index (χ2v) is 7.28. The van der Waals surface area contributed by atoms with E-state index in [1.807, 2.05) is 4.90 Å². The van der Waals surface area contributed by atoms with Crippen molar-refractivity contribution in [2.24, 2.45) is 0 Å². The standard InChI is InChI=1S/C12H23N3O3S/c1-19(17,18)14-9-10-5-2-3-8-15(10)12(16)11-6-4-7-13-11/h10-11,13-14H,2-9H2,1H3. The van der Waals surface area contributed by atoms with Crippen LogP contribution in [-0.4, -0.2) is 57.2 Å². The van der Waals surface area contributed by atoms with Gasteiger partial charge in [-0.3, -0.25) is 4.79 Å². The Balaban J connectivity index is 1.96. The molecule has 2 heterocycles. The largest absolute Gasteiger partial charge is 0.337 e. The van der Waals surface area contributed by atoms with Gasteiger partial charge in [-0.2, -0.15) is 0 Å². The fourth-order valence-electron chi connectivity index (χ4n) is 2.85. The number of amides is 1. The summed E-state index contributed by atoms with van der Waals surface area (Å²) in [7, 11) is -3.20. The van der Waals surface area contributed by atoms with Crippen LogP contribution in [0, 0.1) is 0 Å². The molecule has 2 saturated heterocycles. The third-order valence-corrected chi connectivity index (χ3v) is 4.54. The maximum absolute atomic E-state index is 12.4. The molecule has 1 amide bonds. The lowest BCUT2D eigenvalue weighted by molar-refractivity contribution is -0.136. The molecule has 7 heteroatoms. The fraction of sp³-hybridized carbons (Fsp3) is 0.917. The first kappa shape index (κ1) is 14.7. The van der Waals surface area contributed by atoms with Gasteiger partial charge < -0.3 is 10.2 Å². The molecule has 6 nitrogen and oxygen atoms in total. The van der Waals surface area contributed by atoms with Gasteiger partial charge in [-0.25, -0.2) is 13.1 Å². The number of carbonyl (C=O) groups is 1. The van der Waals surface area contributed by atoms with Gasteiger partial charge in [-0.1, -0.05) is 0 Å². The SMILES string of the molecule is CS(=O)(=O)NCC1CCCCN1C(=O)C1CCCN1. The highest BCUT2D eigenvalue weighted by atomic mass is 32.2. The van der Waals surface area contributed by atoms with Gasteiger partial charge in [-0.15, -0.1) is 0 Å². The highest BCUT2D eigenvalue weighted by Gasteiger charge is 2.32. The molecule has 2 N–H and O–H groups in total. The molecule has 0 radical (unpaired) electrons. The number of nitrogens with one attached hydrogen (secondary N) is 2. The number of likely N-dealkylation sites (tertiary alicyclic amines) is 1. The summed E-state index contributed by atoms with van der Waals surface area (Å²) in [4.78, 5) is 14.3. The Morgan fingerprint density at radius 3 is 2.74 bits per heavy atom. The Bertz CT molecular complexity index is 418. The van der Waals surface area contributed by atoms with Gasteiger partial charge in [0.2, 0.25) is 15.9 Å². The maximum Gasteiger partial charge on any atom is 0.239 e. The van der Waals surface area contributed by atoms with Gasteiger partial charge in [0, 0.05) is 19.1 Å². The summed E-state index contributed by atoms with van der Waals surface area (Å²) in [5.74, 6) is 0.137. The molecule has 110 valence electrons. The zero-order valence-corrected chi connectivity index (χ0v) is 12.2. The van der Waals surface area contributed by atoms with E-state index < -0.39 is 10.0 Å². The molecule has 0 saturated carbocycles. The Labute approximate surface area is 115 Å². The van der Waals surface area contributed by atoms with Crippen molar-refractivity contribution in [2.45, 2.75) is 44.2 Å². The molecular weight excluding hydrogens is 266 g/mol. The van der Waals surface area contributed by atoms with E-state index >= 15 is 0 Å². The minimum absolute atomic E-state index is 0.00150. The van der Waals surface area contributed by atoms with Crippen molar-refractivity contribution in [1.29, 1.82) is 0 Å². The van der Waals surface area contributed by atoms with Crippen molar-refractivity contribution >= 4 is 15.9 Å². The zero-order valence-electron chi connectivity index (χ0n) is 11.4. The molecule has 2 aliphatic rings. The van der Waals surface area contributed by atoms with Crippen molar-refractivity contribution in [2.75, 3.05) is 25.9 Å². The lowest BCUT2D eigenvalue weighted by Crippen LogP contribution is -2.53. The first-order valence-electron chi connectivity index (χ1n) is 6.96. The second kappa shape index (κ2) is 6.19. The van der Waals surface area contributed by atoms with E-state index in [-0.39, 0.29) is 18.0 Å². The summed E-state index contributed by atoms with van der Waals surface area (Å²) in [6.07, 6.45) is 6.02. The number of carbonyl (C=O) groups excluding carboxylic acids is 1. The fourth-order valence-corrected chi connectivity index (χ4v) is 3.34. The average molecular weight is 289 g/mol. The Morgan fingerprint density at radius 2 is 2.11 bits per heavy atom. The number of nitrogens with zero attached hydrogens (tertiary/aromatic N) is 1. The molecule has 2 atom stereocenters. The molecule has 0 spiro atoms. The molecule has 0 aromatic carbocycles. The number of hydrogen-bond acceptors (Lipinski definition) is 4. The third-order valence-electron chi connectivity index (χ3n) is 3.85. The van der Waals surface area contributed by atoms with E-state index in [1.165, 1.54) is 0 Å². The normalized spacial score (nSPS) is 28.6. The highest BCUT2D eigenvalue weighted by molar-refractivity contribution is 7.88. The molecule has 0 aromatic heterocycles. The van der Waals surface area contributed by atoms with Gasteiger partial charge in [0.25, 0.3) is 0 Å². The van der Waals surface area contributed by atoms with Crippen LogP contribution in [0.4, 0.5) is 0 Å². The Kier molecular flexibility index (Phi) is 4.81. The lowest BCUT2D eigenvalue weighted by atomic mass is 10.0. The van der Waals surface area contributed by atoms with E-state index in [9.17, 15) is 13.2 Å². The van der Waals surface area contributed by atoms with Crippen molar-refractivity contribution < 1.29 is 13.2 Å². The van der Waals surface area contributed by atoms with Crippen molar-refractivity contribution in [3.63, 3.8) is 0 Å². The Hall–Kier alpha value is -0.660. The molecule has 0 bridgehead atoms. The van der Waals surface area contributed by atoms with Crippen molar-refractivity contribution in [3.8, 4) is 0 Å². The molecule has 2 fully saturated rings. The number of hydrogen-bond donors (Lipinski definition) is 2. The van der Waals surface area contributed by atoms with Crippen LogP contribution < -0.4 is 10.0 Å². The molecule has 19 heavy (non-hydrogen) atoms. The minimum Gasteiger partial charge on any atom is -0.337 e. The van der Waals surface area contributed by atoms with E-state index in [1.54, 1.807) is 0 Å². The zero-order chi connectivity index (χ0) is 13.9. The summed E-state index contributed by atoms with van der Waals surface area (Å²) in [5, 5.41) is 3.22. The van der Waals surface area contributed by atoms with Crippen LogP contribution >= 0.6 is 0 Å². The molecule has 0 aromatic rings. The summed E-state index contributed by atoms with van der Waals surface area (Å²) < 4.78 is 24.9. The van der Waals surface area contributed by atoms with E-state index in [4.69, 9.17) is 0 Å². The summed E-state index contributed by atoms with van der Waals surface area (Å²) in [6, 6.07) is -0.0720. The topological polar surface area (TPSA) is 78.5 Å². The monoisotopic (exact) mass is 289 g/mol. The Morgan fingerprint density at radius 1 is 1.32 bits per heavy atom. The predicted molar refractivity (Wildman–Crippen MR) is 73.2 cm³/mol. The van der Waals surface area contributed by atoms with E-state index in [2.05, 4.69) is 10.0 Å². The van der Waals surface area contributed by atoms with Crippen LogP contribution in [0.25, 0.3) is 0 Å². The molecular formula is C12H23N3O3S. The maximum atomic E-state index is 12.4. The number of rotatable bonds is 4. The highest BCUT2D eigenvalue weighted by Crippen LogP contribution is 2.19. The van der Waals surface area contributed by atoms with Crippen LogP contribution in [0.15, 0.2) is 0 Å². The van der Waals surface area contributed by atoms with E-state index in [0.29, 0.717) is 6.54 Å². The van der Waals surface area contributed by atoms with Crippen molar-refractivity contribution in [1.82, 2.24) is 14.9 Å². The van der Waals surface area contributed by atoms with Crippen LogP contribution in [0.2, 0.25) is 0 Å². The molecule has 2 rings (SSSR count). The van der Waals surface area contributed by atoms with Crippen molar-refractivity contribution in [3.05, 3.63) is 0 Å². The predicted octanol–water partition coefficient (Wildman–Crippen LogP) is -0.331. The molecule has 2 unspecified atom stereocenters. The average Bonchev–Trinajstić information content (AvgIpc) is 2.89. The number of sulfonamides is 1. The summed E-state index contributed by atoms with van der Waals surface area (Å²) in [5.41, 5.74) is 0. The number of piperidine rings is 1. The van der Waals surface area contributed by atoms with Crippen LogP contribution in [0.5, 0.6) is 0 Å².